The van der Waals surface area contributed by atoms with Gasteiger partial charge < -0.3 is 14.6 Å². The molecule has 6 nitrogen and oxygen atoms in total. The Bertz CT molecular complexity index is 693. The summed E-state index contributed by atoms with van der Waals surface area (Å²) < 4.78 is 11.6. The quantitative estimate of drug-likeness (QED) is 0.816. The predicted octanol–water partition coefficient (Wildman–Crippen LogP) is 4.23. The number of carbonyl (C=O) groups is 2. The summed E-state index contributed by atoms with van der Waals surface area (Å²) in [5, 5.41) is 10.2. The molecule has 6 heteroatoms. The van der Waals surface area contributed by atoms with Gasteiger partial charge >= 0.3 is 12.1 Å². The van der Waals surface area contributed by atoms with E-state index in [2.05, 4.69) is 0 Å². The number of amides is 1. The van der Waals surface area contributed by atoms with Crippen molar-refractivity contribution in [1.82, 2.24) is 4.90 Å². The van der Waals surface area contributed by atoms with Crippen LogP contribution in [-0.2, 0) is 20.9 Å². The molecule has 2 aliphatic rings. The van der Waals surface area contributed by atoms with Gasteiger partial charge in [-0.05, 0) is 45.1 Å². The van der Waals surface area contributed by atoms with Crippen molar-refractivity contribution < 1.29 is 24.2 Å². The van der Waals surface area contributed by atoms with Crippen LogP contribution in [0.1, 0.15) is 58.4 Å². The van der Waals surface area contributed by atoms with Gasteiger partial charge in [-0.25, -0.2) is 9.59 Å². The van der Waals surface area contributed by atoms with E-state index in [1.54, 1.807) is 20.8 Å². The molecule has 1 saturated heterocycles. The molecule has 28 heavy (non-hydrogen) atoms. The molecule has 1 aliphatic carbocycles. The van der Waals surface area contributed by atoms with Crippen molar-refractivity contribution in [3.05, 3.63) is 35.9 Å². The molecule has 1 amide bonds. The Balaban J connectivity index is 1.82. The highest BCUT2D eigenvalue weighted by atomic mass is 16.6. The summed E-state index contributed by atoms with van der Waals surface area (Å²) in [4.78, 5) is 26.9. The molecule has 3 rings (SSSR count). The summed E-state index contributed by atoms with van der Waals surface area (Å²) in [6, 6.07) is 9.78. The molecule has 0 spiro atoms. The Morgan fingerprint density at radius 2 is 1.82 bits per heavy atom. The van der Waals surface area contributed by atoms with Crippen LogP contribution >= 0.6 is 0 Å². The number of carboxylic acids is 1. The average molecular weight is 389 g/mol. The maximum absolute atomic E-state index is 12.9. The summed E-state index contributed by atoms with van der Waals surface area (Å²) >= 11 is 0. The summed E-state index contributed by atoms with van der Waals surface area (Å²) in [6.45, 7) is 6.02. The fourth-order valence-electron chi connectivity index (χ4n) is 4.51. The van der Waals surface area contributed by atoms with E-state index >= 15 is 0 Å². The smallest absolute Gasteiger partial charge is 0.411 e. The number of nitrogens with zero attached hydrogens (tertiary/aromatic N) is 1. The molecule has 0 unspecified atom stereocenters. The van der Waals surface area contributed by atoms with Crippen LogP contribution in [-0.4, -0.2) is 45.9 Å². The molecule has 2 fully saturated rings. The number of carbonyl (C=O) groups excluding carboxylic acids is 1. The standard InChI is InChI=1S/C22H31NO5/c1-21(2,3)28-20(26)23-14-18(27-15-16-9-5-4-6-10-16)13-22(23,19(24)25)17-11-7-8-12-17/h4-6,9-10,17-18H,7-8,11-15H2,1-3H3,(H,24,25)/t18-,22+/m1/s1. The zero-order valence-electron chi connectivity index (χ0n) is 17.0. The van der Waals surface area contributed by atoms with Crippen LogP contribution in [0, 0.1) is 5.92 Å². The molecule has 1 aromatic carbocycles. The monoisotopic (exact) mass is 389 g/mol. The van der Waals surface area contributed by atoms with Gasteiger partial charge in [-0.3, -0.25) is 4.90 Å². The van der Waals surface area contributed by atoms with Crippen LogP contribution in [0.2, 0.25) is 0 Å². The maximum Gasteiger partial charge on any atom is 0.411 e. The van der Waals surface area contributed by atoms with Gasteiger partial charge in [0, 0.05) is 6.42 Å². The Morgan fingerprint density at radius 3 is 2.39 bits per heavy atom. The SMILES string of the molecule is CC(C)(C)OC(=O)N1C[C@H](OCc2ccccc2)C[C@@]1(C(=O)O)C1CCCC1. The Labute approximate surface area is 166 Å². The number of benzene rings is 1. The zero-order chi connectivity index (χ0) is 20.4. The van der Waals surface area contributed by atoms with E-state index in [0.29, 0.717) is 13.0 Å². The first-order chi connectivity index (χ1) is 13.2. The molecular weight excluding hydrogens is 358 g/mol. The molecule has 154 valence electrons. The second-order valence-corrected chi connectivity index (χ2v) is 8.92. The van der Waals surface area contributed by atoms with Gasteiger partial charge in [-0.2, -0.15) is 0 Å². The number of likely N-dealkylation sites (tertiary alicyclic amines) is 1. The summed E-state index contributed by atoms with van der Waals surface area (Å²) in [7, 11) is 0. The largest absolute Gasteiger partial charge is 0.479 e. The van der Waals surface area contributed by atoms with Crippen LogP contribution in [0.15, 0.2) is 30.3 Å². The lowest BCUT2D eigenvalue weighted by molar-refractivity contribution is -0.153. The van der Waals surface area contributed by atoms with Gasteiger partial charge in [0.15, 0.2) is 0 Å². The first-order valence-corrected chi connectivity index (χ1v) is 10.1. The lowest BCUT2D eigenvalue weighted by atomic mass is 9.80. The minimum absolute atomic E-state index is 0.0668. The molecule has 1 heterocycles. The summed E-state index contributed by atoms with van der Waals surface area (Å²) in [6.07, 6.45) is 3.04. The second kappa shape index (κ2) is 8.11. The topological polar surface area (TPSA) is 76.1 Å². The molecule has 1 saturated carbocycles. The van der Waals surface area contributed by atoms with Gasteiger partial charge in [-0.15, -0.1) is 0 Å². The first kappa shape index (κ1) is 20.6. The highest BCUT2D eigenvalue weighted by Gasteiger charge is 2.59. The van der Waals surface area contributed by atoms with Crippen molar-refractivity contribution in [1.29, 1.82) is 0 Å². The Hall–Kier alpha value is -2.08. The Kier molecular flexibility index (Phi) is 5.98. The number of hydrogen-bond acceptors (Lipinski definition) is 4. The maximum atomic E-state index is 12.9. The highest BCUT2D eigenvalue weighted by Crippen LogP contribution is 2.45. The molecule has 2 atom stereocenters. The highest BCUT2D eigenvalue weighted by molar-refractivity contribution is 5.86. The predicted molar refractivity (Wildman–Crippen MR) is 105 cm³/mol. The Morgan fingerprint density at radius 1 is 1.18 bits per heavy atom. The minimum Gasteiger partial charge on any atom is -0.479 e. The van der Waals surface area contributed by atoms with Crippen LogP contribution in [0.4, 0.5) is 4.79 Å². The fourth-order valence-corrected chi connectivity index (χ4v) is 4.51. The van der Waals surface area contributed by atoms with Crippen LogP contribution < -0.4 is 0 Å². The molecule has 1 aliphatic heterocycles. The number of ether oxygens (including phenoxy) is 2. The van der Waals surface area contributed by atoms with E-state index in [9.17, 15) is 14.7 Å². The number of rotatable bonds is 5. The van der Waals surface area contributed by atoms with Gasteiger partial charge in [0.2, 0.25) is 0 Å². The molecule has 0 aromatic heterocycles. The minimum atomic E-state index is -1.25. The molecular formula is C22H31NO5. The van der Waals surface area contributed by atoms with Gasteiger partial charge in [0.1, 0.15) is 11.1 Å². The van der Waals surface area contributed by atoms with Crippen molar-refractivity contribution in [2.75, 3.05) is 6.54 Å². The van der Waals surface area contributed by atoms with E-state index in [-0.39, 0.29) is 18.6 Å². The van der Waals surface area contributed by atoms with E-state index < -0.39 is 23.2 Å². The van der Waals surface area contributed by atoms with Gasteiger partial charge in [0.05, 0.1) is 19.3 Å². The van der Waals surface area contributed by atoms with Crippen molar-refractivity contribution >= 4 is 12.1 Å². The van der Waals surface area contributed by atoms with E-state index in [1.807, 2.05) is 30.3 Å². The third-order valence-electron chi connectivity index (χ3n) is 5.75. The molecule has 1 aromatic rings. The van der Waals surface area contributed by atoms with Crippen molar-refractivity contribution in [3.8, 4) is 0 Å². The van der Waals surface area contributed by atoms with E-state index in [4.69, 9.17) is 9.47 Å². The van der Waals surface area contributed by atoms with Crippen LogP contribution in [0.3, 0.4) is 0 Å². The molecule has 0 radical (unpaired) electrons. The lowest BCUT2D eigenvalue weighted by Gasteiger charge is -2.39. The van der Waals surface area contributed by atoms with Crippen LogP contribution in [0.5, 0.6) is 0 Å². The van der Waals surface area contributed by atoms with Crippen molar-refractivity contribution in [2.45, 2.75) is 76.7 Å². The fraction of sp³-hybridized carbons (Fsp3) is 0.636. The lowest BCUT2D eigenvalue weighted by Crippen LogP contribution is -2.58. The number of carboxylic acid groups (broad SMARTS) is 1. The van der Waals surface area contributed by atoms with E-state index in [1.165, 1.54) is 4.90 Å². The van der Waals surface area contributed by atoms with E-state index in [0.717, 1.165) is 31.2 Å². The molecule has 0 bridgehead atoms. The summed E-state index contributed by atoms with van der Waals surface area (Å²) in [5.41, 5.74) is -0.903. The molecule has 1 N–H and O–H groups in total. The number of aliphatic carboxylic acids is 1. The van der Waals surface area contributed by atoms with Crippen molar-refractivity contribution in [2.24, 2.45) is 5.92 Å². The third kappa shape index (κ3) is 4.32. The third-order valence-corrected chi connectivity index (χ3v) is 5.75. The average Bonchev–Trinajstić information content (AvgIpc) is 3.28. The van der Waals surface area contributed by atoms with Crippen molar-refractivity contribution in [3.63, 3.8) is 0 Å². The van der Waals surface area contributed by atoms with Crippen LogP contribution in [0.25, 0.3) is 0 Å². The number of hydrogen-bond donors (Lipinski definition) is 1. The normalized spacial score (nSPS) is 25.8. The second-order valence-electron chi connectivity index (χ2n) is 8.92. The zero-order valence-corrected chi connectivity index (χ0v) is 17.0. The van der Waals surface area contributed by atoms with Gasteiger partial charge in [-0.1, -0.05) is 43.2 Å². The summed E-state index contributed by atoms with van der Waals surface area (Å²) in [5.74, 6) is -1.01. The van der Waals surface area contributed by atoms with Gasteiger partial charge in [0.25, 0.3) is 0 Å². The first-order valence-electron chi connectivity index (χ1n) is 10.1.